The van der Waals surface area contributed by atoms with Gasteiger partial charge < -0.3 is 15.0 Å². The predicted octanol–water partition coefficient (Wildman–Crippen LogP) is 1.86. The molecule has 2 aliphatic heterocycles. The quantitative estimate of drug-likeness (QED) is 0.903. The Morgan fingerprint density at radius 1 is 1.30 bits per heavy atom. The second kappa shape index (κ2) is 6.08. The Labute approximate surface area is 135 Å². The molecule has 0 aromatic heterocycles. The first-order valence-corrected chi connectivity index (χ1v) is 7.68. The predicted molar refractivity (Wildman–Crippen MR) is 84.0 cm³/mol. The van der Waals surface area contributed by atoms with Crippen LogP contribution in [0.1, 0.15) is 19.3 Å². The summed E-state index contributed by atoms with van der Waals surface area (Å²) in [4.78, 5) is 31.5. The number of anilines is 1. The number of nitrogens with one attached hydrogen (secondary N) is 1. The number of rotatable bonds is 2. The van der Waals surface area contributed by atoms with Gasteiger partial charge in [0.2, 0.25) is 5.91 Å². The SMILES string of the molecule is COc1ccccc1NC(=O)N1CCC2(CC1)CC(=O)N(C)O2. The van der Waals surface area contributed by atoms with E-state index in [2.05, 4.69) is 5.32 Å². The summed E-state index contributed by atoms with van der Waals surface area (Å²) in [5, 5.41) is 4.18. The highest BCUT2D eigenvalue weighted by atomic mass is 16.7. The van der Waals surface area contributed by atoms with Gasteiger partial charge in [-0.3, -0.25) is 9.63 Å². The van der Waals surface area contributed by atoms with Gasteiger partial charge in [0, 0.05) is 20.1 Å². The average molecular weight is 319 g/mol. The van der Waals surface area contributed by atoms with Crippen molar-refractivity contribution in [2.45, 2.75) is 24.9 Å². The zero-order valence-electron chi connectivity index (χ0n) is 13.4. The van der Waals surface area contributed by atoms with Gasteiger partial charge in [0.1, 0.15) is 11.4 Å². The Kier molecular flexibility index (Phi) is 4.12. The zero-order chi connectivity index (χ0) is 16.4. The molecule has 1 N–H and O–H groups in total. The summed E-state index contributed by atoms with van der Waals surface area (Å²) in [7, 11) is 3.21. The maximum Gasteiger partial charge on any atom is 0.321 e. The highest BCUT2D eigenvalue weighted by Gasteiger charge is 2.46. The van der Waals surface area contributed by atoms with Crippen LogP contribution in [0.3, 0.4) is 0 Å². The van der Waals surface area contributed by atoms with Crippen molar-refractivity contribution in [3.8, 4) is 5.75 Å². The Hall–Kier alpha value is -2.28. The summed E-state index contributed by atoms with van der Waals surface area (Å²) >= 11 is 0. The second-order valence-electron chi connectivity index (χ2n) is 5.96. The van der Waals surface area contributed by atoms with Gasteiger partial charge in [0.25, 0.3) is 0 Å². The third-order valence-corrected chi connectivity index (χ3v) is 4.47. The summed E-state index contributed by atoms with van der Waals surface area (Å²) in [5.74, 6) is 0.623. The Morgan fingerprint density at radius 3 is 2.61 bits per heavy atom. The first kappa shape index (κ1) is 15.6. The van der Waals surface area contributed by atoms with Gasteiger partial charge in [-0.2, -0.15) is 0 Å². The van der Waals surface area contributed by atoms with Crippen molar-refractivity contribution < 1.29 is 19.2 Å². The molecule has 1 aromatic rings. The van der Waals surface area contributed by atoms with E-state index in [1.165, 1.54) is 5.06 Å². The standard InChI is InChI=1S/C16H21N3O4/c1-18-14(20)11-16(23-18)7-9-19(10-8-16)15(21)17-12-5-3-4-6-13(12)22-2/h3-6H,7-11H2,1-2H3,(H,17,21). The van der Waals surface area contributed by atoms with E-state index in [0.717, 1.165) is 0 Å². The lowest BCUT2D eigenvalue weighted by molar-refractivity contribution is -0.197. The molecule has 3 rings (SSSR count). The maximum absolute atomic E-state index is 12.4. The van der Waals surface area contributed by atoms with E-state index in [4.69, 9.17) is 9.57 Å². The van der Waals surface area contributed by atoms with E-state index in [-0.39, 0.29) is 11.9 Å². The topological polar surface area (TPSA) is 71.1 Å². The maximum atomic E-state index is 12.4. The van der Waals surface area contributed by atoms with Crippen molar-refractivity contribution in [1.82, 2.24) is 9.96 Å². The molecule has 0 aliphatic carbocycles. The van der Waals surface area contributed by atoms with Gasteiger partial charge >= 0.3 is 6.03 Å². The first-order valence-electron chi connectivity index (χ1n) is 7.68. The number of benzene rings is 1. The van der Waals surface area contributed by atoms with E-state index in [9.17, 15) is 9.59 Å². The molecule has 0 saturated carbocycles. The van der Waals surface area contributed by atoms with Crippen LogP contribution in [0.2, 0.25) is 0 Å². The highest BCUT2D eigenvalue weighted by molar-refractivity contribution is 5.91. The van der Waals surface area contributed by atoms with Crippen LogP contribution in [0.15, 0.2) is 24.3 Å². The number of carbonyl (C=O) groups excluding carboxylic acids is 2. The van der Waals surface area contributed by atoms with Gasteiger partial charge in [-0.1, -0.05) is 12.1 Å². The Balaban J connectivity index is 1.59. The largest absolute Gasteiger partial charge is 0.495 e. The number of nitrogens with zero attached hydrogens (tertiary/aromatic N) is 2. The van der Waals surface area contributed by atoms with Gasteiger partial charge in [0.15, 0.2) is 0 Å². The van der Waals surface area contributed by atoms with E-state index in [1.54, 1.807) is 31.2 Å². The van der Waals surface area contributed by atoms with Crippen molar-refractivity contribution in [3.63, 3.8) is 0 Å². The fraction of sp³-hybridized carbons (Fsp3) is 0.500. The van der Waals surface area contributed by atoms with Gasteiger partial charge in [0.05, 0.1) is 19.2 Å². The fourth-order valence-electron chi connectivity index (χ4n) is 3.09. The number of para-hydroxylation sites is 2. The molecule has 0 unspecified atom stereocenters. The highest BCUT2D eigenvalue weighted by Crippen LogP contribution is 2.36. The van der Waals surface area contributed by atoms with Gasteiger partial charge in [-0.15, -0.1) is 0 Å². The number of likely N-dealkylation sites (tertiary alicyclic amines) is 1. The van der Waals surface area contributed by atoms with Crippen LogP contribution < -0.4 is 10.1 Å². The molecule has 7 nitrogen and oxygen atoms in total. The lowest BCUT2D eigenvalue weighted by atomic mass is 9.89. The molecule has 2 heterocycles. The van der Waals surface area contributed by atoms with Crippen molar-refractivity contribution in [1.29, 1.82) is 0 Å². The lowest BCUT2D eigenvalue weighted by Crippen LogP contribution is -2.48. The number of carbonyl (C=O) groups is 2. The molecule has 0 radical (unpaired) electrons. The summed E-state index contributed by atoms with van der Waals surface area (Å²) in [6.45, 7) is 1.12. The van der Waals surface area contributed by atoms with Crippen LogP contribution in [0.5, 0.6) is 5.75 Å². The average Bonchev–Trinajstić information content (AvgIpc) is 2.82. The van der Waals surface area contributed by atoms with Crippen molar-refractivity contribution in [2.24, 2.45) is 0 Å². The number of amides is 3. The summed E-state index contributed by atoms with van der Waals surface area (Å²) < 4.78 is 5.24. The van der Waals surface area contributed by atoms with Crippen molar-refractivity contribution in [3.05, 3.63) is 24.3 Å². The summed E-state index contributed by atoms with van der Waals surface area (Å²) in [5.41, 5.74) is 0.208. The van der Waals surface area contributed by atoms with E-state index in [0.29, 0.717) is 43.8 Å². The summed E-state index contributed by atoms with van der Waals surface area (Å²) in [6, 6.07) is 7.13. The third-order valence-electron chi connectivity index (χ3n) is 4.47. The first-order chi connectivity index (χ1) is 11.0. The minimum Gasteiger partial charge on any atom is -0.495 e. The third kappa shape index (κ3) is 3.10. The van der Waals surface area contributed by atoms with Crippen LogP contribution in [0, 0.1) is 0 Å². The number of urea groups is 1. The molecule has 23 heavy (non-hydrogen) atoms. The molecule has 2 aliphatic rings. The molecule has 0 bridgehead atoms. The number of hydrogen-bond donors (Lipinski definition) is 1. The Morgan fingerprint density at radius 2 is 2.00 bits per heavy atom. The van der Waals surface area contributed by atoms with Crippen molar-refractivity contribution >= 4 is 17.6 Å². The number of methoxy groups -OCH3 is 1. The normalized spacial score (nSPS) is 20.0. The molecular weight excluding hydrogens is 298 g/mol. The van der Waals surface area contributed by atoms with E-state index in [1.807, 2.05) is 12.1 Å². The molecule has 7 heteroatoms. The number of ether oxygens (including phenoxy) is 1. The lowest BCUT2D eigenvalue weighted by Gasteiger charge is -2.37. The van der Waals surface area contributed by atoms with Crippen LogP contribution in [-0.4, -0.2) is 54.7 Å². The molecule has 1 aromatic carbocycles. The number of hydroxylamine groups is 2. The van der Waals surface area contributed by atoms with Crippen LogP contribution >= 0.6 is 0 Å². The fourth-order valence-corrected chi connectivity index (χ4v) is 3.09. The van der Waals surface area contributed by atoms with E-state index >= 15 is 0 Å². The van der Waals surface area contributed by atoms with E-state index < -0.39 is 5.60 Å². The summed E-state index contributed by atoms with van der Waals surface area (Å²) in [6.07, 6.45) is 1.70. The molecule has 1 spiro atoms. The Bertz CT molecular complexity index is 611. The zero-order valence-corrected chi connectivity index (χ0v) is 13.4. The minimum absolute atomic E-state index is 0.00285. The monoisotopic (exact) mass is 319 g/mol. The van der Waals surface area contributed by atoms with Crippen molar-refractivity contribution in [2.75, 3.05) is 32.6 Å². The van der Waals surface area contributed by atoms with Crippen LogP contribution in [0.25, 0.3) is 0 Å². The van der Waals surface area contributed by atoms with Gasteiger partial charge in [-0.25, -0.2) is 9.86 Å². The second-order valence-corrected chi connectivity index (χ2v) is 5.96. The number of piperidine rings is 1. The van der Waals surface area contributed by atoms with Crippen LogP contribution in [0.4, 0.5) is 10.5 Å². The van der Waals surface area contributed by atoms with Crippen LogP contribution in [-0.2, 0) is 9.63 Å². The molecule has 124 valence electrons. The molecule has 0 atom stereocenters. The van der Waals surface area contributed by atoms with Gasteiger partial charge in [-0.05, 0) is 25.0 Å². The number of hydrogen-bond acceptors (Lipinski definition) is 4. The smallest absolute Gasteiger partial charge is 0.321 e. The minimum atomic E-state index is -0.437. The molecule has 3 amide bonds. The molecule has 2 saturated heterocycles. The molecular formula is C16H21N3O4. The molecule has 2 fully saturated rings.